The average Bonchev–Trinajstić information content (AvgIpc) is 2.71. The Labute approximate surface area is 103 Å². The number of nitrogens with zero attached hydrogens (tertiary/aromatic N) is 3. The standard InChI is InChI=1S/C11H23N5O/c1-8(2)16-11(13-7-14-16)5-10(15-12)6-17-9(3)4/h7-10,15H,5-6,12H2,1-4H3. The first-order chi connectivity index (χ1) is 8.04. The summed E-state index contributed by atoms with van der Waals surface area (Å²) in [5.74, 6) is 6.44. The minimum atomic E-state index is 0.0547. The molecule has 1 aromatic heterocycles. The van der Waals surface area contributed by atoms with Crippen molar-refractivity contribution in [3.05, 3.63) is 12.2 Å². The molecule has 1 aromatic rings. The Morgan fingerprint density at radius 2 is 2.12 bits per heavy atom. The minimum Gasteiger partial charge on any atom is -0.377 e. The molecule has 0 aliphatic carbocycles. The van der Waals surface area contributed by atoms with E-state index in [-0.39, 0.29) is 12.1 Å². The number of aromatic nitrogens is 3. The Morgan fingerprint density at radius 1 is 1.41 bits per heavy atom. The first kappa shape index (κ1) is 14.1. The fourth-order valence-electron chi connectivity index (χ4n) is 1.55. The lowest BCUT2D eigenvalue weighted by molar-refractivity contribution is 0.0606. The van der Waals surface area contributed by atoms with Crippen LogP contribution >= 0.6 is 0 Å². The van der Waals surface area contributed by atoms with E-state index in [1.165, 1.54) is 0 Å². The molecular formula is C11H23N5O. The summed E-state index contributed by atoms with van der Waals surface area (Å²) < 4.78 is 7.45. The summed E-state index contributed by atoms with van der Waals surface area (Å²) in [6.07, 6.45) is 2.49. The van der Waals surface area contributed by atoms with Crippen molar-refractivity contribution in [2.24, 2.45) is 5.84 Å². The van der Waals surface area contributed by atoms with Gasteiger partial charge in [-0.25, -0.2) is 9.67 Å². The number of hydrogen-bond donors (Lipinski definition) is 2. The summed E-state index contributed by atoms with van der Waals surface area (Å²) in [6, 6.07) is 0.357. The average molecular weight is 241 g/mol. The largest absolute Gasteiger partial charge is 0.377 e. The maximum absolute atomic E-state index is 5.54. The number of rotatable bonds is 7. The van der Waals surface area contributed by atoms with Crippen LogP contribution in [-0.2, 0) is 11.2 Å². The van der Waals surface area contributed by atoms with Gasteiger partial charge in [0.15, 0.2) is 0 Å². The monoisotopic (exact) mass is 241 g/mol. The van der Waals surface area contributed by atoms with Crippen LogP contribution in [0.4, 0.5) is 0 Å². The van der Waals surface area contributed by atoms with E-state index in [0.717, 1.165) is 5.82 Å². The topological polar surface area (TPSA) is 78.0 Å². The third kappa shape index (κ3) is 4.41. The van der Waals surface area contributed by atoms with Crippen molar-refractivity contribution in [2.45, 2.75) is 52.3 Å². The second-order valence-electron chi connectivity index (χ2n) is 4.66. The molecule has 0 bridgehead atoms. The van der Waals surface area contributed by atoms with Crippen LogP contribution in [0.5, 0.6) is 0 Å². The van der Waals surface area contributed by atoms with E-state index in [2.05, 4.69) is 29.4 Å². The van der Waals surface area contributed by atoms with Gasteiger partial charge in [-0.1, -0.05) is 0 Å². The summed E-state index contributed by atoms with van der Waals surface area (Å²) in [5, 5.41) is 4.19. The van der Waals surface area contributed by atoms with Crippen molar-refractivity contribution in [3.8, 4) is 0 Å². The Kier molecular flexibility index (Phi) is 5.54. The molecule has 0 saturated heterocycles. The van der Waals surface area contributed by atoms with Crippen molar-refractivity contribution in [2.75, 3.05) is 6.61 Å². The van der Waals surface area contributed by atoms with Crippen molar-refractivity contribution in [3.63, 3.8) is 0 Å². The van der Waals surface area contributed by atoms with Gasteiger partial charge in [0.25, 0.3) is 0 Å². The molecule has 0 fully saturated rings. The number of hydrazine groups is 1. The van der Waals surface area contributed by atoms with E-state index in [4.69, 9.17) is 10.6 Å². The van der Waals surface area contributed by atoms with Crippen LogP contribution in [0.25, 0.3) is 0 Å². The summed E-state index contributed by atoms with van der Waals surface area (Å²) in [6.45, 7) is 8.73. The van der Waals surface area contributed by atoms with E-state index >= 15 is 0 Å². The van der Waals surface area contributed by atoms with Crippen LogP contribution in [-0.4, -0.2) is 33.5 Å². The molecule has 0 aliphatic heterocycles. The summed E-state index contributed by atoms with van der Waals surface area (Å²) in [7, 11) is 0. The van der Waals surface area contributed by atoms with E-state index in [1.807, 2.05) is 18.5 Å². The highest BCUT2D eigenvalue weighted by atomic mass is 16.5. The van der Waals surface area contributed by atoms with E-state index in [0.29, 0.717) is 19.1 Å². The molecule has 0 radical (unpaired) electrons. The quantitative estimate of drug-likeness (QED) is 0.541. The van der Waals surface area contributed by atoms with E-state index in [9.17, 15) is 0 Å². The highest BCUT2D eigenvalue weighted by Crippen LogP contribution is 2.07. The number of nitrogens with two attached hydrogens (primary N) is 1. The minimum absolute atomic E-state index is 0.0547. The second kappa shape index (κ2) is 6.68. The van der Waals surface area contributed by atoms with Crippen LogP contribution in [0.1, 0.15) is 39.6 Å². The zero-order chi connectivity index (χ0) is 12.8. The van der Waals surface area contributed by atoms with Crippen LogP contribution in [0.15, 0.2) is 6.33 Å². The zero-order valence-electron chi connectivity index (χ0n) is 11.1. The predicted octanol–water partition coefficient (Wildman–Crippen LogP) is 0.658. The van der Waals surface area contributed by atoms with Gasteiger partial charge in [-0.2, -0.15) is 5.10 Å². The number of ether oxygens (including phenoxy) is 1. The van der Waals surface area contributed by atoms with Crippen LogP contribution in [0.2, 0.25) is 0 Å². The molecule has 6 heteroatoms. The van der Waals surface area contributed by atoms with Gasteiger partial charge in [-0.15, -0.1) is 0 Å². The molecule has 6 nitrogen and oxygen atoms in total. The molecule has 1 atom stereocenters. The van der Waals surface area contributed by atoms with Crippen LogP contribution in [0, 0.1) is 0 Å². The molecule has 17 heavy (non-hydrogen) atoms. The Morgan fingerprint density at radius 3 is 2.65 bits per heavy atom. The fraction of sp³-hybridized carbons (Fsp3) is 0.818. The van der Waals surface area contributed by atoms with Crippen LogP contribution in [0.3, 0.4) is 0 Å². The first-order valence-electron chi connectivity index (χ1n) is 6.00. The molecule has 0 saturated carbocycles. The molecule has 1 rings (SSSR count). The van der Waals surface area contributed by atoms with Crippen molar-refractivity contribution >= 4 is 0 Å². The van der Waals surface area contributed by atoms with Gasteiger partial charge >= 0.3 is 0 Å². The Bertz CT molecular complexity index is 323. The third-order valence-corrected chi connectivity index (χ3v) is 2.43. The lowest BCUT2D eigenvalue weighted by atomic mass is 10.2. The van der Waals surface area contributed by atoms with E-state index in [1.54, 1.807) is 6.33 Å². The predicted molar refractivity (Wildman–Crippen MR) is 66.3 cm³/mol. The van der Waals surface area contributed by atoms with Gasteiger partial charge in [0.1, 0.15) is 12.2 Å². The molecule has 0 amide bonds. The Hall–Kier alpha value is -0.980. The highest BCUT2D eigenvalue weighted by molar-refractivity contribution is 4.90. The Balaban J connectivity index is 2.57. The van der Waals surface area contributed by atoms with E-state index < -0.39 is 0 Å². The SMILES string of the molecule is CC(C)OCC(Cc1ncnn1C(C)C)NN. The molecule has 0 aliphatic rings. The number of hydrogen-bond acceptors (Lipinski definition) is 5. The number of nitrogens with one attached hydrogen (secondary N) is 1. The van der Waals surface area contributed by atoms with Gasteiger partial charge in [-0.3, -0.25) is 11.3 Å². The zero-order valence-corrected chi connectivity index (χ0v) is 11.1. The molecule has 0 spiro atoms. The lowest BCUT2D eigenvalue weighted by Gasteiger charge is -2.18. The van der Waals surface area contributed by atoms with Gasteiger partial charge < -0.3 is 4.74 Å². The normalized spacial score (nSPS) is 13.6. The first-order valence-corrected chi connectivity index (χ1v) is 6.00. The molecule has 0 aromatic carbocycles. The molecule has 98 valence electrons. The third-order valence-electron chi connectivity index (χ3n) is 2.43. The second-order valence-corrected chi connectivity index (χ2v) is 4.66. The molecule has 1 unspecified atom stereocenters. The lowest BCUT2D eigenvalue weighted by Crippen LogP contribution is -2.41. The van der Waals surface area contributed by atoms with Gasteiger partial charge in [0.05, 0.1) is 18.8 Å². The maximum Gasteiger partial charge on any atom is 0.138 e. The molecule has 1 heterocycles. The maximum atomic E-state index is 5.54. The smallest absolute Gasteiger partial charge is 0.138 e. The molecule has 3 N–H and O–H groups in total. The fourth-order valence-corrected chi connectivity index (χ4v) is 1.55. The van der Waals surface area contributed by atoms with Crippen molar-refractivity contribution < 1.29 is 4.74 Å². The van der Waals surface area contributed by atoms with Crippen LogP contribution < -0.4 is 11.3 Å². The summed E-state index contributed by atoms with van der Waals surface area (Å²) in [4.78, 5) is 4.25. The van der Waals surface area contributed by atoms with Gasteiger partial charge in [0.2, 0.25) is 0 Å². The highest BCUT2D eigenvalue weighted by Gasteiger charge is 2.14. The van der Waals surface area contributed by atoms with Gasteiger partial charge in [0, 0.05) is 12.5 Å². The van der Waals surface area contributed by atoms with Gasteiger partial charge in [-0.05, 0) is 27.7 Å². The van der Waals surface area contributed by atoms with Crippen molar-refractivity contribution in [1.29, 1.82) is 0 Å². The summed E-state index contributed by atoms with van der Waals surface area (Å²) in [5.41, 5.74) is 2.76. The van der Waals surface area contributed by atoms with Crippen molar-refractivity contribution in [1.82, 2.24) is 20.2 Å². The molecular weight excluding hydrogens is 218 g/mol. The summed E-state index contributed by atoms with van der Waals surface area (Å²) >= 11 is 0.